The third-order valence-electron chi connectivity index (χ3n) is 4.36. The van der Waals surface area contributed by atoms with E-state index in [4.69, 9.17) is 0 Å². The van der Waals surface area contributed by atoms with E-state index in [-0.39, 0.29) is 11.8 Å². The molecule has 4 heteroatoms. The van der Waals surface area contributed by atoms with Crippen LogP contribution in [0.5, 0.6) is 0 Å². The van der Waals surface area contributed by atoms with Gasteiger partial charge >= 0.3 is 0 Å². The van der Waals surface area contributed by atoms with Gasteiger partial charge in [0.05, 0.1) is 0 Å². The Morgan fingerprint density at radius 3 is 2.47 bits per heavy atom. The lowest BCUT2D eigenvalue weighted by molar-refractivity contribution is -0.125. The van der Waals surface area contributed by atoms with E-state index in [1.54, 1.807) is 0 Å². The van der Waals surface area contributed by atoms with Crippen LogP contribution in [0.1, 0.15) is 44.9 Å². The van der Waals surface area contributed by atoms with E-state index in [1.165, 1.54) is 38.8 Å². The second kappa shape index (κ2) is 8.54. The molecule has 4 nitrogen and oxygen atoms in total. The second-order valence-electron chi connectivity index (χ2n) is 5.92. The maximum atomic E-state index is 12.0. The van der Waals surface area contributed by atoms with Gasteiger partial charge in [-0.25, -0.2) is 0 Å². The minimum Gasteiger partial charge on any atom is -0.356 e. The number of carbonyl (C=O) groups excluding carboxylic acids is 1. The summed E-state index contributed by atoms with van der Waals surface area (Å²) in [6.45, 7) is 6.48. The van der Waals surface area contributed by atoms with Crippen molar-refractivity contribution in [2.75, 3.05) is 39.3 Å². The SMILES string of the molecule is O=C(NCCCN1CCCCCC1)C1CCNCC1. The summed E-state index contributed by atoms with van der Waals surface area (Å²) in [6, 6.07) is 0. The minimum absolute atomic E-state index is 0.249. The van der Waals surface area contributed by atoms with Crippen molar-refractivity contribution in [1.29, 1.82) is 0 Å². The van der Waals surface area contributed by atoms with Crippen molar-refractivity contribution in [2.24, 2.45) is 5.92 Å². The van der Waals surface area contributed by atoms with Crippen LogP contribution in [0.4, 0.5) is 0 Å². The summed E-state index contributed by atoms with van der Waals surface area (Å²) in [4.78, 5) is 14.5. The topological polar surface area (TPSA) is 44.4 Å². The van der Waals surface area contributed by atoms with Gasteiger partial charge in [0.15, 0.2) is 0 Å². The first-order chi connectivity index (χ1) is 9.36. The van der Waals surface area contributed by atoms with Gasteiger partial charge in [-0.15, -0.1) is 0 Å². The Bertz CT molecular complexity index is 256. The first-order valence-corrected chi connectivity index (χ1v) is 8.07. The van der Waals surface area contributed by atoms with Crippen LogP contribution in [-0.2, 0) is 4.79 Å². The molecule has 0 saturated carbocycles. The summed E-state index contributed by atoms with van der Waals surface area (Å²) >= 11 is 0. The fourth-order valence-electron chi connectivity index (χ4n) is 3.10. The average Bonchev–Trinajstić information content (AvgIpc) is 2.73. The van der Waals surface area contributed by atoms with Gasteiger partial charge in [0.2, 0.25) is 5.91 Å². The molecule has 0 aromatic rings. The van der Waals surface area contributed by atoms with Crippen molar-refractivity contribution in [3.8, 4) is 0 Å². The van der Waals surface area contributed by atoms with Crippen LogP contribution >= 0.6 is 0 Å². The number of nitrogens with one attached hydrogen (secondary N) is 2. The molecule has 2 heterocycles. The maximum absolute atomic E-state index is 12.0. The predicted molar refractivity (Wildman–Crippen MR) is 78.1 cm³/mol. The predicted octanol–water partition coefficient (Wildman–Crippen LogP) is 1.37. The van der Waals surface area contributed by atoms with Gasteiger partial charge in [-0.3, -0.25) is 4.79 Å². The molecule has 0 spiro atoms. The van der Waals surface area contributed by atoms with Crippen molar-refractivity contribution in [3.05, 3.63) is 0 Å². The van der Waals surface area contributed by atoms with Gasteiger partial charge in [-0.05, 0) is 64.8 Å². The molecular weight excluding hydrogens is 238 g/mol. The van der Waals surface area contributed by atoms with Crippen LogP contribution in [-0.4, -0.2) is 50.1 Å². The van der Waals surface area contributed by atoms with E-state index >= 15 is 0 Å². The Hall–Kier alpha value is -0.610. The van der Waals surface area contributed by atoms with Crippen molar-refractivity contribution in [3.63, 3.8) is 0 Å². The van der Waals surface area contributed by atoms with Crippen molar-refractivity contribution < 1.29 is 4.79 Å². The Morgan fingerprint density at radius 2 is 1.79 bits per heavy atom. The molecule has 2 fully saturated rings. The molecule has 2 rings (SSSR count). The van der Waals surface area contributed by atoms with Gasteiger partial charge in [0.1, 0.15) is 0 Å². The molecule has 1 amide bonds. The number of likely N-dealkylation sites (tertiary alicyclic amines) is 1. The molecule has 2 saturated heterocycles. The van der Waals surface area contributed by atoms with Gasteiger partial charge in [0.25, 0.3) is 0 Å². The van der Waals surface area contributed by atoms with E-state index in [1.807, 2.05) is 0 Å². The third kappa shape index (κ3) is 5.49. The van der Waals surface area contributed by atoms with E-state index in [0.29, 0.717) is 0 Å². The Morgan fingerprint density at radius 1 is 1.11 bits per heavy atom. The number of amides is 1. The number of rotatable bonds is 5. The second-order valence-corrected chi connectivity index (χ2v) is 5.92. The van der Waals surface area contributed by atoms with Crippen LogP contribution < -0.4 is 10.6 Å². The summed E-state index contributed by atoms with van der Waals surface area (Å²) in [5.41, 5.74) is 0. The number of carbonyl (C=O) groups is 1. The molecular formula is C15H29N3O. The smallest absolute Gasteiger partial charge is 0.223 e. The molecule has 0 radical (unpaired) electrons. The third-order valence-corrected chi connectivity index (χ3v) is 4.36. The molecule has 19 heavy (non-hydrogen) atoms. The first-order valence-electron chi connectivity index (χ1n) is 8.07. The molecule has 0 atom stereocenters. The number of nitrogens with zero attached hydrogens (tertiary/aromatic N) is 1. The lowest BCUT2D eigenvalue weighted by Crippen LogP contribution is -2.39. The fraction of sp³-hybridized carbons (Fsp3) is 0.933. The molecule has 2 aliphatic rings. The highest BCUT2D eigenvalue weighted by molar-refractivity contribution is 5.78. The molecule has 110 valence electrons. The lowest BCUT2D eigenvalue weighted by Gasteiger charge is -2.22. The number of hydrogen-bond acceptors (Lipinski definition) is 3. The lowest BCUT2D eigenvalue weighted by atomic mass is 9.97. The molecule has 0 bridgehead atoms. The molecule has 2 N–H and O–H groups in total. The standard InChI is InChI=1S/C15H29N3O/c19-15(14-6-9-16-10-7-14)17-8-5-13-18-11-3-1-2-4-12-18/h14,16H,1-13H2,(H,17,19). The highest BCUT2D eigenvalue weighted by Gasteiger charge is 2.20. The Kier molecular flexibility index (Phi) is 6.65. The monoisotopic (exact) mass is 267 g/mol. The Balaban J connectivity index is 1.54. The molecule has 0 unspecified atom stereocenters. The normalized spacial score (nSPS) is 22.9. The highest BCUT2D eigenvalue weighted by Crippen LogP contribution is 2.11. The zero-order valence-electron chi connectivity index (χ0n) is 12.1. The van der Waals surface area contributed by atoms with Gasteiger partial charge in [-0.1, -0.05) is 12.8 Å². The zero-order valence-corrected chi connectivity index (χ0v) is 12.1. The van der Waals surface area contributed by atoms with Crippen LogP contribution in [0, 0.1) is 5.92 Å². The fourth-order valence-corrected chi connectivity index (χ4v) is 3.10. The summed E-state index contributed by atoms with van der Waals surface area (Å²) in [7, 11) is 0. The van der Waals surface area contributed by atoms with Crippen molar-refractivity contribution >= 4 is 5.91 Å². The van der Waals surface area contributed by atoms with Gasteiger partial charge in [-0.2, -0.15) is 0 Å². The van der Waals surface area contributed by atoms with E-state index in [9.17, 15) is 4.79 Å². The van der Waals surface area contributed by atoms with E-state index < -0.39 is 0 Å². The summed E-state index contributed by atoms with van der Waals surface area (Å²) < 4.78 is 0. The van der Waals surface area contributed by atoms with Crippen LogP contribution in [0.25, 0.3) is 0 Å². The largest absolute Gasteiger partial charge is 0.356 e. The van der Waals surface area contributed by atoms with Crippen LogP contribution in [0.15, 0.2) is 0 Å². The number of hydrogen-bond donors (Lipinski definition) is 2. The quantitative estimate of drug-likeness (QED) is 0.740. The van der Waals surface area contributed by atoms with Crippen molar-refractivity contribution in [2.45, 2.75) is 44.9 Å². The molecule has 0 aromatic carbocycles. The molecule has 0 aliphatic carbocycles. The van der Waals surface area contributed by atoms with Gasteiger partial charge < -0.3 is 15.5 Å². The van der Waals surface area contributed by atoms with E-state index in [0.717, 1.165) is 45.4 Å². The zero-order chi connectivity index (χ0) is 13.3. The Labute approximate surface area is 117 Å². The summed E-state index contributed by atoms with van der Waals surface area (Å²) in [5.74, 6) is 0.525. The van der Waals surface area contributed by atoms with E-state index in [2.05, 4.69) is 15.5 Å². The minimum atomic E-state index is 0.249. The van der Waals surface area contributed by atoms with Crippen LogP contribution in [0.2, 0.25) is 0 Å². The number of piperidine rings is 1. The van der Waals surface area contributed by atoms with Crippen molar-refractivity contribution in [1.82, 2.24) is 15.5 Å². The van der Waals surface area contributed by atoms with Crippen LogP contribution in [0.3, 0.4) is 0 Å². The molecule has 2 aliphatic heterocycles. The van der Waals surface area contributed by atoms with Gasteiger partial charge in [0, 0.05) is 12.5 Å². The maximum Gasteiger partial charge on any atom is 0.223 e. The summed E-state index contributed by atoms with van der Waals surface area (Å²) in [6.07, 6.45) is 8.57. The first kappa shape index (κ1) is 14.8. The highest BCUT2D eigenvalue weighted by atomic mass is 16.1. The summed E-state index contributed by atoms with van der Waals surface area (Å²) in [5, 5.41) is 6.41. The molecule has 0 aromatic heterocycles. The average molecular weight is 267 g/mol.